The summed E-state index contributed by atoms with van der Waals surface area (Å²) in [5.41, 5.74) is 2.82. The zero-order valence-electron chi connectivity index (χ0n) is 12.9. The molecule has 0 radical (unpaired) electrons. The van der Waals surface area contributed by atoms with Crippen molar-refractivity contribution < 1.29 is 13.9 Å². The second kappa shape index (κ2) is 7.76. The lowest BCUT2D eigenvalue weighted by atomic mass is 10.2. The number of ether oxygens (including phenoxy) is 1. The summed E-state index contributed by atoms with van der Waals surface area (Å²) in [6.45, 7) is -0.202. The molecule has 0 bridgehead atoms. The van der Waals surface area contributed by atoms with Crippen LogP contribution >= 0.6 is 15.9 Å². The van der Waals surface area contributed by atoms with Crippen LogP contribution in [0, 0.1) is 0 Å². The number of nitrogens with zero attached hydrogens (tertiary/aromatic N) is 1. The van der Waals surface area contributed by atoms with Gasteiger partial charge < -0.3 is 9.15 Å². The molecule has 0 saturated carbocycles. The van der Waals surface area contributed by atoms with Gasteiger partial charge in [-0.1, -0.05) is 24.3 Å². The van der Waals surface area contributed by atoms with Crippen LogP contribution in [0.1, 0.15) is 5.56 Å². The van der Waals surface area contributed by atoms with Gasteiger partial charge in [0.25, 0.3) is 5.91 Å². The van der Waals surface area contributed by atoms with E-state index >= 15 is 0 Å². The molecule has 0 saturated heterocycles. The van der Waals surface area contributed by atoms with Gasteiger partial charge in [0.05, 0.1) is 21.6 Å². The van der Waals surface area contributed by atoms with Gasteiger partial charge in [-0.15, -0.1) is 0 Å². The Morgan fingerprint density at radius 3 is 2.80 bits per heavy atom. The van der Waals surface area contributed by atoms with Gasteiger partial charge in [-0.25, -0.2) is 5.43 Å². The van der Waals surface area contributed by atoms with Crippen LogP contribution in [0.4, 0.5) is 0 Å². The molecule has 1 N–H and O–H groups in total. The largest absolute Gasteiger partial charge is 0.483 e. The number of para-hydroxylation sites is 2. The summed E-state index contributed by atoms with van der Waals surface area (Å²) in [7, 11) is 0. The van der Waals surface area contributed by atoms with Crippen molar-refractivity contribution in [2.45, 2.75) is 0 Å². The molecule has 3 rings (SSSR count). The average molecular weight is 401 g/mol. The maximum absolute atomic E-state index is 12.3. The number of nitrogens with one attached hydrogen (secondary N) is 1. The standard InChI is InChI=1S/C18H13BrN2O4/c19-14-6-2-4-8-16(14)25-11-17(22)21-20-9-12-10-24-15-7-3-1-5-13(15)18(12)23/h1-10H,11H2,(H,21,22)/b20-9-. The van der Waals surface area contributed by atoms with Crippen LogP contribution in [-0.2, 0) is 4.79 Å². The monoisotopic (exact) mass is 400 g/mol. The van der Waals surface area contributed by atoms with Crippen LogP contribution < -0.4 is 15.6 Å². The Labute approximate surface area is 151 Å². The van der Waals surface area contributed by atoms with Crippen LogP contribution in [-0.4, -0.2) is 18.7 Å². The third kappa shape index (κ3) is 4.13. The van der Waals surface area contributed by atoms with E-state index in [0.29, 0.717) is 16.7 Å². The topological polar surface area (TPSA) is 80.9 Å². The van der Waals surface area contributed by atoms with Gasteiger partial charge in [-0.05, 0) is 40.2 Å². The fourth-order valence-electron chi connectivity index (χ4n) is 2.09. The normalized spacial score (nSPS) is 10.9. The van der Waals surface area contributed by atoms with Crippen molar-refractivity contribution in [1.29, 1.82) is 0 Å². The lowest BCUT2D eigenvalue weighted by Gasteiger charge is -2.06. The zero-order chi connectivity index (χ0) is 17.6. The molecule has 7 heteroatoms. The second-order valence-corrected chi connectivity index (χ2v) is 5.88. The molecule has 6 nitrogen and oxygen atoms in total. The lowest BCUT2D eigenvalue weighted by molar-refractivity contribution is -0.123. The summed E-state index contributed by atoms with van der Waals surface area (Å²) in [6, 6.07) is 14.1. The number of hydrogen-bond donors (Lipinski definition) is 1. The van der Waals surface area contributed by atoms with E-state index in [2.05, 4.69) is 26.5 Å². The van der Waals surface area contributed by atoms with Crippen LogP contribution in [0.2, 0.25) is 0 Å². The van der Waals surface area contributed by atoms with E-state index in [9.17, 15) is 9.59 Å². The van der Waals surface area contributed by atoms with E-state index in [0.717, 1.165) is 4.47 Å². The zero-order valence-corrected chi connectivity index (χ0v) is 14.5. The molecule has 0 atom stereocenters. The summed E-state index contributed by atoms with van der Waals surface area (Å²) in [6.07, 6.45) is 2.55. The number of benzene rings is 2. The molecule has 1 amide bonds. The fraction of sp³-hybridized carbons (Fsp3) is 0.0556. The molecule has 0 unspecified atom stereocenters. The Morgan fingerprint density at radius 2 is 1.96 bits per heavy atom. The Hall–Kier alpha value is -2.93. The molecule has 0 aliphatic rings. The average Bonchev–Trinajstić information content (AvgIpc) is 2.63. The Kier molecular flexibility index (Phi) is 5.25. The second-order valence-electron chi connectivity index (χ2n) is 5.03. The molecule has 126 valence electrons. The number of hydrazone groups is 1. The Balaban J connectivity index is 1.61. The molecule has 3 aromatic rings. The van der Waals surface area contributed by atoms with E-state index in [1.807, 2.05) is 12.1 Å². The van der Waals surface area contributed by atoms with E-state index in [-0.39, 0.29) is 17.6 Å². The Morgan fingerprint density at radius 1 is 1.20 bits per heavy atom. The van der Waals surface area contributed by atoms with Crippen LogP contribution in [0.3, 0.4) is 0 Å². The highest BCUT2D eigenvalue weighted by Crippen LogP contribution is 2.23. The van der Waals surface area contributed by atoms with Crippen molar-refractivity contribution in [2.75, 3.05) is 6.61 Å². The molecule has 0 aliphatic heterocycles. The number of carbonyl (C=O) groups excluding carboxylic acids is 1. The first kappa shape index (κ1) is 16.9. The van der Waals surface area contributed by atoms with Crippen molar-refractivity contribution >= 4 is 39.0 Å². The molecule has 0 fully saturated rings. The van der Waals surface area contributed by atoms with E-state index in [1.165, 1.54) is 12.5 Å². The fourth-order valence-corrected chi connectivity index (χ4v) is 2.49. The summed E-state index contributed by atoms with van der Waals surface area (Å²) in [5.74, 6) is 0.106. The van der Waals surface area contributed by atoms with Gasteiger partial charge in [0.15, 0.2) is 6.61 Å². The van der Waals surface area contributed by atoms with Gasteiger partial charge in [0.1, 0.15) is 17.6 Å². The summed E-state index contributed by atoms with van der Waals surface area (Å²) < 4.78 is 11.5. The minimum absolute atomic E-state index is 0.202. The Bertz CT molecular complexity index is 998. The summed E-state index contributed by atoms with van der Waals surface area (Å²) >= 11 is 3.33. The SMILES string of the molecule is O=C(COc1ccccc1Br)N/N=C\c1coc2ccccc2c1=O. The van der Waals surface area contributed by atoms with Gasteiger partial charge in [0.2, 0.25) is 5.43 Å². The molecule has 0 aliphatic carbocycles. The number of rotatable bonds is 5. The smallest absolute Gasteiger partial charge is 0.277 e. The molecular weight excluding hydrogens is 388 g/mol. The summed E-state index contributed by atoms with van der Waals surface area (Å²) in [4.78, 5) is 24.0. The van der Waals surface area contributed by atoms with E-state index in [1.54, 1.807) is 36.4 Å². The van der Waals surface area contributed by atoms with E-state index < -0.39 is 5.91 Å². The predicted molar refractivity (Wildman–Crippen MR) is 97.9 cm³/mol. The van der Waals surface area contributed by atoms with Crippen molar-refractivity contribution in [3.63, 3.8) is 0 Å². The minimum atomic E-state index is -0.447. The third-order valence-electron chi connectivity index (χ3n) is 3.30. The highest BCUT2D eigenvalue weighted by molar-refractivity contribution is 9.10. The van der Waals surface area contributed by atoms with Crippen LogP contribution in [0.25, 0.3) is 11.0 Å². The first-order chi connectivity index (χ1) is 12.1. The summed E-state index contributed by atoms with van der Waals surface area (Å²) in [5, 5.41) is 4.22. The number of hydrogen-bond acceptors (Lipinski definition) is 5. The first-order valence-electron chi connectivity index (χ1n) is 7.35. The molecule has 2 aromatic carbocycles. The lowest BCUT2D eigenvalue weighted by Crippen LogP contribution is -2.25. The molecule has 25 heavy (non-hydrogen) atoms. The number of halogens is 1. The molecule has 0 spiro atoms. The van der Waals surface area contributed by atoms with Crippen molar-refractivity contribution in [2.24, 2.45) is 5.10 Å². The number of amides is 1. The van der Waals surface area contributed by atoms with Gasteiger partial charge in [-0.3, -0.25) is 9.59 Å². The third-order valence-corrected chi connectivity index (χ3v) is 3.95. The molecule has 1 heterocycles. The minimum Gasteiger partial charge on any atom is -0.483 e. The maximum Gasteiger partial charge on any atom is 0.277 e. The van der Waals surface area contributed by atoms with Gasteiger partial charge in [0, 0.05) is 0 Å². The molecular formula is C18H13BrN2O4. The maximum atomic E-state index is 12.3. The van der Waals surface area contributed by atoms with E-state index in [4.69, 9.17) is 9.15 Å². The number of carbonyl (C=O) groups is 1. The van der Waals surface area contributed by atoms with Crippen molar-refractivity contribution in [3.8, 4) is 5.75 Å². The van der Waals surface area contributed by atoms with Gasteiger partial charge >= 0.3 is 0 Å². The highest BCUT2D eigenvalue weighted by Gasteiger charge is 2.06. The van der Waals surface area contributed by atoms with Crippen LogP contribution in [0.5, 0.6) is 5.75 Å². The van der Waals surface area contributed by atoms with Gasteiger partial charge in [-0.2, -0.15) is 5.10 Å². The predicted octanol–water partition coefficient (Wildman–Crippen LogP) is 3.08. The molecule has 1 aromatic heterocycles. The highest BCUT2D eigenvalue weighted by atomic mass is 79.9. The van der Waals surface area contributed by atoms with Crippen LogP contribution in [0.15, 0.2) is 73.6 Å². The quantitative estimate of drug-likeness (QED) is 0.526. The van der Waals surface area contributed by atoms with Crippen molar-refractivity contribution in [3.05, 3.63) is 75.1 Å². The first-order valence-corrected chi connectivity index (χ1v) is 8.14. The number of fused-ring (bicyclic) bond motifs is 1. The van der Waals surface area contributed by atoms with Crippen molar-refractivity contribution in [1.82, 2.24) is 5.43 Å².